The molecule has 2 aromatic heterocycles. The van der Waals surface area contributed by atoms with Gasteiger partial charge in [0.1, 0.15) is 0 Å². The second-order valence-corrected chi connectivity index (χ2v) is 9.30. The van der Waals surface area contributed by atoms with Gasteiger partial charge in [0.05, 0.1) is 5.69 Å². The van der Waals surface area contributed by atoms with Gasteiger partial charge in [-0.1, -0.05) is 70.4 Å². The molecule has 4 heteroatoms. The average Bonchev–Trinajstić information content (AvgIpc) is 3.22. The molecule has 186 valence electrons. The standard InChI is InChI=1S/C30H42N2O.ClH/c1-4-7-14-27-24-28-15-10-11-23-32(28)29(27)30(33)26-18-16-25(17-19-26)13-12-22-31(20-8-5-2)21-9-6-3;/h10-11,15-19,23-24H,4-9,12-14,20-22H2,1-3H3;1H. The van der Waals surface area contributed by atoms with Crippen LogP contribution in [0, 0.1) is 0 Å². The first-order chi connectivity index (χ1) is 16.2. The molecule has 3 nitrogen and oxygen atoms in total. The zero-order chi connectivity index (χ0) is 23.5. The number of unbranched alkanes of at least 4 members (excludes halogenated alkanes) is 3. The maximum atomic E-state index is 13.5. The number of rotatable bonds is 15. The Morgan fingerprint density at radius 2 is 1.44 bits per heavy atom. The molecule has 0 amide bonds. The van der Waals surface area contributed by atoms with E-state index < -0.39 is 0 Å². The summed E-state index contributed by atoms with van der Waals surface area (Å²) >= 11 is 0. The third-order valence-corrected chi connectivity index (χ3v) is 6.59. The van der Waals surface area contributed by atoms with Crippen LogP contribution in [0.25, 0.3) is 5.52 Å². The van der Waals surface area contributed by atoms with Crippen LogP contribution in [0.1, 0.15) is 92.9 Å². The Balaban J connectivity index is 0.00000408. The van der Waals surface area contributed by atoms with Crippen LogP contribution in [0.4, 0.5) is 0 Å². The number of aromatic nitrogens is 1. The second-order valence-electron chi connectivity index (χ2n) is 9.30. The van der Waals surface area contributed by atoms with Crippen LogP contribution in [0.15, 0.2) is 54.7 Å². The molecule has 1 aromatic carbocycles. The average molecular weight is 483 g/mol. The van der Waals surface area contributed by atoms with E-state index in [1.165, 1.54) is 50.8 Å². The Labute approximate surface area is 213 Å². The van der Waals surface area contributed by atoms with Gasteiger partial charge in [-0.3, -0.25) is 4.79 Å². The van der Waals surface area contributed by atoms with Gasteiger partial charge in [0.15, 0.2) is 0 Å². The lowest BCUT2D eigenvalue weighted by atomic mass is 10.00. The first-order valence-electron chi connectivity index (χ1n) is 13.1. The van der Waals surface area contributed by atoms with Gasteiger partial charge in [-0.05, 0) is 87.5 Å². The Morgan fingerprint density at radius 3 is 2.09 bits per heavy atom. The normalized spacial score (nSPS) is 11.2. The third kappa shape index (κ3) is 7.71. The molecule has 0 unspecified atom stereocenters. The topological polar surface area (TPSA) is 24.7 Å². The molecule has 0 aliphatic heterocycles. The van der Waals surface area contributed by atoms with Crippen LogP contribution < -0.4 is 0 Å². The van der Waals surface area contributed by atoms with Gasteiger partial charge in [0, 0.05) is 17.3 Å². The SMILES string of the molecule is CCCCc1cc2ccccn2c1C(=O)c1ccc(CCCN(CCCC)CCCC)cc1.Cl. The fourth-order valence-corrected chi connectivity index (χ4v) is 4.56. The van der Waals surface area contributed by atoms with Gasteiger partial charge in [0.25, 0.3) is 0 Å². The van der Waals surface area contributed by atoms with Crippen LogP contribution in [-0.4, -0.2) is 34.7 Å². The highest BCUT2D eigenvalue weighted by molar-refractivity contribution is 6.09. The minimum absolute atomic E-state index is 0. The molecule has 0 spiro atoms. The maximum Gasteiger partial charge on any atom is 0.210 e. The smallest absolute Gasteiger partial charge is 0.210 e. The summed E-state index contributed by atoms with van der Waals surface area (Å²) in [7, 11) is 0. The van der Waals surface area contributed by atoms with Crippen molar-refractivity contribution in [2.24, 2.45) is 0 Å². The molecule has 3 rings (SSSR count). The van der Waals surface area contributed by atoms with Gasteiger partial charge in [-0.25, -0.2) is 0 Å². The summed E-state index contributed by atoms with van der Waals surface area (Å²) in [5.74, 6) is 0.129. The van der Waals surface area contributed by atoms with Crippen LogP contribution in [0.5, 0.6) is 0 Å². The van der Waals surface area contributed by atoms with Crippen molar-refractivity contribution in [3.8, 4) is 0 Å². The zero-order valence-electron chi connectivity index (χ0n) is 21.4. The molecule has 0 saturated carbocycles. The van der Waals surface area contributed by atoms with Gasteiger partial charge in [0.2, 0.25) is 5.78 Å². The highest BCUT2D eigenvalue weighted by Crippen LogP contribution is 2.22. The lowest BCUT2D eigenvalue weighted by Gasteiger charge is -2.21. The lowest BCUT2D eigenvalue weighted by molar-refractivity contribution is 0.103. The molecule has 0 atom stereocenters. The summed E-state index contributed by atoms with van der Waals surface area (Å²) in [4.78, 5) is 16.1. The molecule has 3 aromatic rings. The fourth-order valence-electron chi connectivity index (χ4n) is 4.56. The van der Waals surface area contributed by atoms with Crippen LogP contribution in [-0.2, 0) is 12.8 Å². The number of halogens is 1. The number of aryl methyl sites for hydroxylation is 2. The monoisotopic (exact) mass is 482 g/mol. The van der Waals surface area contributed by atoms with Crippen molar-refractivity contribution < 1.29 is 4.79 Å². The van der Waals surface area contributed by atoms with Gasteiger partial charge >= 0.3 is 0 Å². The Hall–Kier alpha value is -2.10. The largest absolute Gasteiger partial charge is 0.313 e. The van der Waals surface area contributed by atoms with E-state index in [2.05, 4.69) is 54.3 Å². The van der Waals surface area contributed by atoms with Crippen molar-refractivity contribution in [1.82, 2.24) is 9.30 Å². The summed E-state index contributed by atoms with van der Waals surface area (Å²) in [6, 6.07) is 16.6. The van der Waals surface area contributed by atoms with E-state index in [1.807, 2.05) is 30.5 Å². The van der Waals surface area contributed by atoms with E-state index in [9.17, 15) is 4.79 Å². The first-order valence-corrected chi connectivity index (χ1v) is 13.1. The Bertz CT molecular complexity index is 985. The highest BCUT2D eigenvalue weighted by atomic mass is 35.5. The van der Waals surface area contributed by atoms with Gasteiger partial charge in [-0.2, -0.15) is 0 Å². The molecular formula is C30H43ClN2O. The van der Waals surface area contributed by atoms with E-state index in [0.29, 0.717) is 0 Å². The predicted molar refractivity (Wildman–Crippen MR) is 148 cm³/mol. The van der Waals surface area contributed by atoms with E-state index in [0.717, 1.165) is 54.6 Å². The van der Waals surface area contributed by atoms with Crippen LogP contribution >= 0.6 is 12.4 Å². The number of pyridine rings is 1. The third-order valence-electron chi connectivity index (χ3n) is 6.59. The fraction of sp³-hybridized carbons (Fsp3) is 0.500. The van der Waals surface area contributed by atoms with Crippen molar-refractivity contribution in [3.05, 3.63) is 77.1 Å². The zero-order valence-corrected chi connectivity index (χ0v) is 22.2. The number of benzene rings is 1. The molecule has 0 saturated heterocycles. The number of ketones is 1. The molecule has 0 radical (unpaired) electrons. The Morgan fingerprint density at radius 1 is 0.794 bits per heavy atom. The molecule has 0 aliphatic rings. The molecule has 34 heavy (non-hydrogen) atoms. The second kappa shape index (κ2) is 15.0. The van der Waals surface area contributed by atoms with Crippen molar-refractivity contribution in [2.75, 3.05) is 19.6 Å². The van der Waals surface area contributed by atoms with Crippen molar-refractivity contribution >= 4 is 23.7 Å². The molecule has 0 fully saturated rings. The lowest BCUT2D eigenvalue weighted by Crippen LogP contribution is -2.27. The number of nitrogens with zero attached hydrogens (tertiary/aromatic N) is 2. The van der Waals surface area contributed by atoms with E-state index >= 15 is 0 Å². The summed E-state index contributed by atoms with van der Waals surface area (Å²) in [6.45, 7) is 10.3. The van der Waals surface area contributed by atoms with Gasteiger partial charge < -0.3 is 9.30 Å². The first kappa shape index (κ1) is 28.1. The van der Waals surface area contributed by atoms with E-state index in [1.54, 1.807) is 0 Å². The minimum Gasteiger partial charge on any atom is -0.313 e. The van der Waals surface area contributed by atoms with Gasteiger partial charge in [-0.15, -0.1) is 12.4 Å². The predicted octanol–water partition coefficient (Wildman–Crippen LogP) is 7.77. The molecule has 0 aliphatic carbocycles. The van der Waals surface area contributed by atoms with Crippen LogP contribution in [0.2, 0.25) is 0 Å². The molecule has 0 bridgehead atoms. The summed E-state index contributed by atoms with van der Waals surface area (Å²) in [5, 5.41) is 0. The van der Waals surface area contributed by atoms with Crippen molar-refractivity contribution in [3.63, 3.8) is 0 Å². The highest BCUT2D eigenvalue weighted by Gasteiger charge is 2.18. The molecule has 0 N–H and O–H groups in total. The van der Waals surface area contributed by atoms with E-state index in [-0.39, 0.29) is 18.2 Å². The summed E-state index contributed by atoms with van der Waals surface area (Å²) in [5.41, 5.74) is 5.20. The minimum atomic E-state index is 0. The number of carbonyl (C=O) groups is 1. The quantitative estimate of drug-likeness (QED) is 0.207. The number of fused-ring (bicyclic) bond motifs is 1. The Kier molecular flexibility index (Phi) is 12.4. The number of hydrogen-bond acceptors (Lipinski definition) is 2. The van der Waals surface area contributed by atoms with Crippen molar-refractivity contribution in [2.45, 2.75) is 78.6 Å². The molecular weight excluding hydrogens is 440 g/mol. The summed E-state index contributed by atoms with van der Waals surface area (Å²) in [6.07, 6.45) is 12.5. The van der Waals surface area contributed by atoms with Crippen LogP contribution in [0.3, 0.4) is 0 Å². The van der Waals surface area contributed by atoms with E-state index in [4.69, 9.17) is 0 Å². The molecule has 2 heterocycles. The van der Waals surface area contributed by atoms with Crippen molar-refractivity contribution in [1.29, 1.82) is 0 Å². The number of carbonyl (C=O) groups excluding carboxylic acids is 1. The number of hydrogen-bond donors (Lipinski definition) is 0. The summed E-state index contributed by atoms with van der Waals surface area (Å²) < 4.78 is 2.06. The maximum absolute atomic E-state index is 13.5.